The molecule has 1 aromatic carbocycles. The van der Waals surface area contributed by atoms with Gasteiger partial charge >= 0.3 is 5.97 Å². The normalized spacial score (nSPS) is 16.5. The van der Waals surface area contributed by atoms with Crippen LogP contribution in [0.2, 0.25) is 0 Å². The van der Waals surface area contributed by atoms with E-state index >= 15 is 0 Å². The fraction of sp³-hybridized carbons (Fsp3) is 0.455. The summed E-state index contributed by atoms with van der Waals surface area (Å²) in [7, 11) is 0. The van der Waals surface area contributed by atoms with Crippen LogP contribution < -0.4 is 0 Å². The quantitative estimate of drug-likeness (QED) is 0.572. The van der Waals surface area contributed by atoms with Crippen LogP contribution in [-0.2, 0) is 16.0 Å². The summed E-state index contributed by atoms with van der Waals surface area (Å²) < 4.78 is 13.1. The molecule has 1 aromatic heterocycles. The van der Waals surface area contributed by atoms with Crippen LogP contribution in [0.15, 0.2) is 24.3 Å². The molecule has 0 bridgehead atoms. The second-order valence-corrected chi connectivity index (χ2v) is 7.35. The first-order valence-corrected chi connectivity index (χ1v) is 9.42. The van der Waals surface area contributed by atoms with Gasteiger partial charge in [0.05, 0.1) is 11.7 Å². The molecule has 0 saturated carbocycles. The van der Waals surface area contributed by atoms with Crippen molar-refractivity contribution >= 4 is 11.8 Å². The van der Waals surface area contributed by atoms with Gasteiger partial charge in [-0.15, -0.1) is 0 Å². The van der Waals surface area contributed by atoms with Crippen molar-refractivity contribution in [2.24, 2.45) is 0 Å². The standard InChI is InChI=1S/C22H27NO4/c1-14-7-8-15(2)19(10-14)22(25)27-13-21(24)20-11-16(3)23(17(20)4)12-18-6-5-9-26-18/h7-8,10-11,18H,5-6,9,12-13H2,1-4H3/t18-/m1/s1. The van der Waals surface area contributed by atoms with E-state index in [1.807, 2.05) is 45.9 Å². The smallest absolute Gasteiger partial charge is 0.338 e. The maximum atomic E-state index is 12.6. The molecule has 0 N–H and O–H groups in total. The van der Waals surface area contributed by atoms with Crippen LogP contribution in [0.4, 0.5) is 0 Å². The number of esters is 1. The second kappa shape index (κ2) is 8.09. The molecule has 5 nitrogen and oxygen atoms in total. The summed E-state index contributed by atoms with van der Waals surface area (Å²) in [5.41, 5.74) is 4.86. The van der Waals surface area contributed by atoms with E-state index in [-0.39, 0.29) is 18.5 Å². The average Bonchev–Trinajstić information content (AvgIpc) is 3.25. The number of Topliss-reactive ketones (excluding diaryl/α,β-unsaturated/α-hetero) is 1. The molecular weight excluding hydrogens is 342 g/mol. The summed E-state index contributed by atoms with van der Waals surface area (Å²) in [4.78, 5) is 25.0. The average molecular weight is 369 g/mol. The van der Waals surface area contributed by atoms with E-state index in [0.29, 0.717) is 11.1 Å². The number of carbonyl (C=O) groups excluding carboxylic acids is 2. The van der Waals surface area contributed by atoms with Crippen LogP contribution in [-0.4, -0.2) is 35.6 Å². The summed E-state index contributed by atoms with van der Waals surface area (Å²) in [5, 5.41) is 0. The highest BCUT2D eigenvalue weighted by molar-refractivity contribution is 6.00. The Kier molecular flexibility index (Phi) is 5.80. The van der Waals surface area contributed by atoms with Gasteiger partial charge in [0, 0.05) is 30.1 Å². The first kappa shape index (κ1) is 19.4. The predicted molar refractivity (Wildman–Crippen MR) is 103 cm³/mol. The lowest BCUT2D eigenvalue weighted by Gasteiger charge is -2.14. The third-order valence-electron chi connectivity index (χ3n) is 5.23. The number of aromatic nitrogens is 1. The van der Waals surface area contributed by atoms with Gasteiger partial charge in [-0.1, -0.05) is 17.7 Å². The van der Waals surface area contributed by atoms with Gasteiger partial charge in [-0.25, -0.2) is 4.79 Å². The molecule has 0 unspecified atom stereocenters. The summed E-state index contributed by atoms with van der Waals surface area (Å²) >= 11 is 0. The van der Waals surface area contributed by atoms with E-state index in [9.17, 15) is 9.59 Å². The highest BCUT2D eigenvalue weighted by Crippen LogP contribution is 2.21. The molecular formula is C22H27NO4. The second-order valence-electron chi connectivity index (χ2n) is 7.35. The molecule has 0 amide bonds. The Hall–Kier alpha value is -2.40. The van der Waals surface area contributed by atoms with Crippen LogP contribution in [0.1, 0.15) is 56.1 Å². The monoisotopic (exact) mass is 369 g/mol. The molecule has 144 valence electrons. The number of rotatable bonds is 6. The van der Waals surface area contributed by atoms with E-state index in [2.05, 4.69) is 4.57 Å². The van der Waals surface area contributed by atoms with Gasteiger partial charge in [-0.05, 0) is 58.2 Å². The summed E-state index contributed by atoms with van der Waals surface area (Å²) in [6.07, 6.45) is 2.35. The number of hydrogen-bond donors (Lipinski definition) is 0. The molecule has 5 heteroatoms. The van der Waals surface area contributed by atoms with E-state index < -0.39 is 5.97 Å². The van der Waals surface area contributed by atoms with Gasteiger partial charge < -0.3 is 14.0 Å². The largest absolute Gasteiger partial charge is 0.454 e. The van der Waals surface area contributed by atoms with Gasteiger partial charge in [0.25, 0.3) is 0 Å². The highest BCUT2D eigenvalue weighted by atomic mass is 16.5. The maximum absolute atomic E-state index is 12.6. The fourth-order valence-electron chi connectivity index (χ4n) is 3.60. The molecule has 0 spiro atoms. The number of ketones is 1. The summed E-state index contributed by atoms with van der Waals surface area (Å²) in [6.45, 7) is 9.01. The van der Waals surface area contributed by atoms with Crippen LogP contribution in [0.25, 0.3) is 0 Å². The van der Waals surface area contributed by atoms with Gasteiger partial charge in [0.1, 0.15) is 0 Å². The lowest BCUT2D eigenvalue weighted by molar-refractivity contribution is 0.0473. The Morgan fingerprint density at radius 3 is 2.63 bits per heavy atom. The minimum absolute atomic E-state index is 0.180. The Bertz CT molecular complexity index is 859. The number of ether oxygens (including phenoxy) is 2. The maximum Gasteiger partial charge on any atom is 0.338 e. The minimum atomic E-state index is -0.460. The molecule has 0 aliphatic carbocycles. The van der Waals surface area contributed by atoms with Crippen LogP contribution in [0.5, 0.6) is 0 Å². The molecule has 1 fully saturated rings. The van der Waals surface area contributed by atoms with Crippen molar-refractivity contribution in [3.8, 4) is 0 Å². The highest BCUT2D eigenvalue weighted by Gasteiger charge is 2.22. The zero-order valence-corrected chi connectivity index (χ0v) is 16.5. The number of benzene rings is 1. The molecule has 2 heterocycles. The Labute approximate surface area is 160 Å². The molecule has 1 atom stereocenters. The fourth-order valence-corrected chi connectivity index (χ4v) is 3.60. The van der Waals surface area contributed by atoms with Crippen molar-refractivity contribution in [1.29, 1.82) is 0 Å². The number of carbonyl (C=O) groups is 2. The molecule has 0 radical (unpaired) electrons. The van der Waals surface area contributed by atoms with Crippen molar-refractivity contribution in [1.82, 2.24) is 4.57 Å². The third kappa shape index (κ3) is 4.30. The predicted octanol–water partition coefficient (Wildman–Crippen LogP) is 3.94. The van der Waals surface area contributed by atoms with Crippen molar-refractivity contribution in [2.45, 2.75) is 53.2 Å². The summed E-state index contributed by atoms with van der Waals surface area (Å²) in [5.74, 6) is -0.641. The zero-order valence-electron chi connectivity index (χ0n) is 16.5. The van der Waals surface area contributed by atoms with Crippen LogP contribution >= 0.6 is 0 Å². The first-order chi connectivity index (χ1) is 12.9. The van der Waals surface area contributed by atoms with E-state index in [1.54, 1.807) is 6.07 Å². The number of aryl methyl sites for hydroxylation is 3. The van der Waals surface area contributed by atoms with Crippen LogP contribution in [0, 0.1) is 27.7 Å². The molecule has 1 aliphatic heterocycles. The zero-order chi connectivity index (χ0) is 19.6. The Morgan fingerprint density at radius 2 is 1.93 bits per heavy atom. The van der Waals surface area contributed by atoms with Gasteiger partial charge in [-0.2, -0.15) is 0 Å². The molecule has 27 heavy (non-hydrogen) atoms. The first-order valence-electron chi connectivity index (χ1n) is 9.42. The Morgan fingerprint density at radius 1 is 1.15 bits per heavy atom. The van der Waals surface area contributed by atoms with Gasteiger partial charge in [-0.3, -0.25) is 4.79 Å². The topological polar surface area (TPSA) is 57.5 Å². The lowest BCUT2D eigenvalue weighted by Crippen LogP contribution is -2.18. The lowest BCUT2D eigenvalue weighted by atomic mass is 10.1. The molecule has 1 saturated heterocycles. The minimum Gasteiger partial charge on any atom is -0.454 e. The van der Waals surface area contributed by atoms with Crippen molar-refractivity contribution in [3.63, 3.8) is 0 Å². The van der Waals surface area contributed by atoms with Crippen molar-refractivity contribution < 1.29 is 19.1 Å². The van der Waals surface area contributed by atoms with Gasteiger partial charge in [0.15, 0.2) is 6.61 Å². The molecule has 3 rings (SSSR count). The molecule has 1 aliphatic rings. The number of hydrogen-bond acceptors (Lipinski definition) is 4. The van der Waals surface area contributed by atoms with Crippen LogP contribution in [0.3, 0.4) is 0 Å². The van der Waals surface area contributed by atoms with Crippen molar-refractivity contribution in [2.75, 3.05) is 13.2 Å². The van der Waals surface area contributed by atoms with Crippen molar-refractivity contribution in [3.05, 3.63) is 57.9 Å². The number of nitrogens with zero attached hydrogens (tertiary/aromatic N) is 1. The third-order valence-corrected chi connectivity index (χ3v) is 5.23. The van der Waals surface area contributed by atoms with E-state index in [1.165, 1.54) is 0 Å². The SMILES string of the molecule is Cc1ccc(C)c(C(=O)OCC(=O)c2cc(C)n(C[C@H]3CCCO3)c2C)c1. The molecule has 2 aromatic rings. The summed E-state index contributed by atoms with van der Waals surface area (Å²) in [6, 6.07) is 7.49. The van der Waals surface area contributed by atoms with Gasteiger partial charge in [0.2, 0.25) is 5.78 Å². The van der Waals surface area contributed by atoms with E-state index in [4.69, 9.17) is 9.47 Å². The Balaban J connectivity index is 1.67. The van der Waals surface area contributed by atoms with E-state index in [0.717, 1.165) is 48.5 Å².